The van der Waals surface area contributed by atoms with E-state index >= 15 is 0 Å². The Labute approximate surface area is 493 Å². The van der Waals surface area contributed by atoms with Gasteiger partial charge in [0, 0.05) is 176 Å². The van der Waals surface area contributed by atoms with Crippen molar-refractivity contribution in [3.05, 3.63) is 0 Å². The lowest BCUT2D eigenvalue weighted by atomic mass is 9.71. The monoisotopic (exact) mass is 1140 g/mol. The molecule has 14 heteroatoms. The molecule has 6 aliphatic heterocycles. The Bertz CT molecular complexity index is 1640. The Morgan fingerprint density at radius 2 is 0.872 bits per heavy atom. The molecule has 0 spiro atoms. The third-order valence-corrected chi connectivity index (χ3v) is 18.9. The molecule has 0 unspecified atom stereocenters. The predicted molar refractivity (Wildman–Crippen MR) is 347 cm³/mol. The number of rotatable bonds is 12. The third-order valence-electron chi connectivity index (χ3n) is 16.5. The van der Waals surface area contributed by atoms with Crippen LogP contribution < -0.4 is 5.32 Å². The fraction of sp³-hybridized carbons (Fsp3) is 1.00. The number of piperazine rings is 3. The highest BCUT2D eigenvalue weighted by atomic mass is 32.2. The molecule has 0 bridgehead atoms. The summed E-state index contributed by atoms with van der Waals surface area (Å²) in [7, 11) is -2.89. The van der Waals surface area contributed by atoms with E-state index in [1.807, 2.05) is 0 Å². The van der Waals surface area contributed by atoms with E-state index in [9.17, 15) is 8.42 Å². The standard InChI is InChI=1S/C19H38N2O.C14H29N3.C13H28N2O2S.C10H22N2S.2C4H10/c1-16(2,3)21-14-18(7)12-20(13-19(18,8)15-21)10-9-11-22-17(4,5)6;1-14(2,3)17-8-4-13(5-9-17)12-16-10-6-15-7-11-16;1-12(2)18(16,17)11-10-14-6-8-15(9-7-14)13(3,4)5;1-10(2,3)12-6-4-11(5-7-12)8-9-13;2*1-4(2)3/h9-15H2,1-8H3;13,15H,4-12H2,1-3H3;12H,6-11H2,1-5H3;13H,4-9H2,1-3H3;2*4H,1-3H3/t18-,19+;;;;;. The lowest BCUT2D eigenvalue weighted by Crippen LogP contribution is -2.54. The summed E-state index contributed by atoms with van der Waals surface area (Å²) in [5, 5.41) is 3.17. The minimum Gasteiger partial charge on any atom is -0.376 e. The Morgan fingerprint density at radius 3 is 1.22 bits per heavy atom. The molecule has 0 amide bonds. The van der Waals surface area contributed by atoms with Gasteiger partial charge in [-0.05, 0) is 168 Å². The molecule has 0 radical (unpaired) electrons. The number of ether oxygens (including phenoxy) is 1. The second-order valence-electron chi connectivity index (χ2n) is 31.4. The second kappa shape index (κ2) is 34.1. The first-order chi connectivity index (χ1) is 35.5. The van der Waals surface area contributed by atoms with Crippen molar-refractivity contribution in [2.45, 2.75) is 225 Å². The average Bonchev–Trinajstić information content (AvgIpc) is 3.70. The normalized spacial score (nSPS) is 24.8. The SMILES string of the molecule is CC(C)(C)N1CCC(CN2CCNCC2)CC1.CC(C)(C)N1CCN(CCS)CC1.CC(C)(C)OCCCN1C[C@@]2(C)CN(C(C)(C)C)C[C@@]2(C)C1.CC(C)C.CC(C)C.CC(C)S(=O)(=O)CCN1CCN(C(C)(C)C)CC1. The minimum absolute atomic E-state index is 0.00726. The van der Waals surface area contributed by atoms with Crippen LogP contribution in [0.25, 0.3) is 0 Å². The van der Waals surface area contributed by atoms with E-state index in [-0.39, 0.29) is 16.4 Å². The molecule has 2 atom stereocenters. The van der Waals surface area contributed by atoms with Gasteiger partial charge in [-0.1, -0.05) is 55.4 Å². The summed E-state index contributed by atoms with van der Waals surface area (Å²) in [6.07, 6.45) is 3.93. The van der Waals surface area contributed by atoms with Gasteiger partial charge in [-0.2, -0.15) is 12.6 Å². The Morgan fingerprint density at radius 1 is 0.500 bits per heavy atom. The first kappa shape index (κ1) is 75.9. The van der Waals surface area contributed by atoms with Crippen molar-refractivity contribution >= 4 is 22.5 Å². The quantitative estimate of drug-likeness (QED) is 0.144. The molecule has 12 nitrogen and oxygen atoms in total. The topological polar surface area (TPSA) is 81.3 Å². The van der Waals surface area contributed by atoms with E-state index in [0.29, 0.717) is 39.7 Å². The summed E-state index contributed by atoms with van der Waals surface area (Å²) in [6.45, 7) is 82.0. The van der Waals surface area contributed by atoms with Crippen LogP contribution in [-0.2, 0) is 14.6 Å². The van der Waals surface area contributed by atoms with E-state index < -0.39 is 9.84 Å². The summed E-state index contributed by atoms with van der Waals surface area (Å²) in [5.41, 5.74) is 2.08. The highest BCUT2D eigenvalue weighted by Crippen LogP contribution is 2.53. The van der Waals surface area contributed by atoms with E-state index in [1.54, 1.807) is 13.8 Å². The van der Waals surface area contributed by atoms with Gasteiger partial charge in [0.05, 0.1) is 16.6 Å². The molecule has 6 aliphatic rings. The number of sulfone groups is 1. The molecule has 6 fully saturated rings. The molecule has 6 saturated heterocycles. The van der Waals surface area contributed by atoms with E-state index in [4.69, 9.17) is 4.74 Å². The van der Waals surface area contributed by atoms with Crippen LogP contribution in [0.4, 0.5) is 0 Å². The van der Waals surface area contributed by atoms with Gasteiger partial charge >= 0.3 is 0 Å². The van der Waals surface area contributed by atoms with E-state index in [1.165, 1.54) is 118 Å². The summed E-state index contributed by atoms with van der Waals surface area (Å²) < 4.78 is 29.4. The molecule has 6 rings (SSSR count). The molecule has 0 aromatic rings. The second-order valence-corrected chi connectivity index (χ2v) is 34.6. The fourth-order valence-electron chi connectivity index (χ4n) is 11.1. The number of hydrogen-bond donors (Lipinski definition) is 2. The zero-order valence-electron chi connectivity index (χ0n) is 56.8. The van der Waals surface area contributed by atoms with Crippen molar-refractivity contribution in [3.8, 4) is 0 Å². The van der Waals surface area contributed by atoms with Crippen molar-refractivity contribution < 1.29 is 13.2 Å². The number of likely N-dealkylation sites (tertiary alicyclic amines) is 3. The van der Waals surface area contributed by atoms with Crippen LogP contribution in [0.2, 0.25) is 0 Å². The molecule has 0 aliphatic carbocycles. The molecular weight excluding hydrogens is 1010 g/mol. The maximum atomic E-state index is 11.8. The van der Waals surface area contributed by atoms with Crippen molar-refractivity contribution in [2.75, 3.05) is 162 Å². The number of nitrogens with one attached hydrogen (secondary N) is 1. The van der Waals surface area contributed by atoms with Crippen LogP contribution >= 0.6 is 12.6 Å². The largest absolute Gasteiger partial charge is 0.376 e. The highest BCUT2D eigenvalue weighted by molar-refractivity contribution is 7.92. The molecule has 468 valence electrons. The van der Waals surface area contributed by atoms with Gasteiger partial charge in [0.25, 0.3) is 0 Å². The molecular formula is C64H137N9O3S2. The molecule has 0 saturated carbocycles. The van der Waals surface area contributed by atoms with Gasteiger partial charge < -0.3 is 19.9 Å². The van der Waals surface area contributed by atoms with Gasteiger partial charge in [-0.25, -0.2) is 8.42 Å². The smallest absolute Gasteiger partial charge is 0.153 e. The Balaban J connectivity index is 0.000000502. The van der Waals surface area contributed by atoms with Crippen molar-refractivity contribution in [2.24, 2.45) is 28.6 Å². The summed E-state index contributed by atoms with van der Waals surface area (Å²) in [5.74, 6) is 3.88. The van der Waals surface area contributed by atoms with Gasteiger partial charge in [-0.3, -0.25) is 29.4 Å². The van der Waals surface area contributed by atoms with Gasteiger partial charge in [0.1, 0.15) is 0 Å². The Kier molecular flexibility index (Phi) is 33.2. The van der Waals surface area contributed by atoms with Gasteiger partial charge in [0.2, 0.25) is 0 Å². The van der Waals surface area contributed by atoms with Crippen LogP contribution in [0.1, 0.15) is 192 Å². The van der Waals surface area contributed by atoms with Crippen LogP contribution in [0, 0.1) is 28.6 Å². The maximum absolute atomic E-state index is 11.8. The number of piperidine rings is 1. The fourth-order valence-corrected chi connectivity index (χ4v) is 12.3. The van der Waals surface area contributed by atoms with E-state index in [0.717, 1.165) is 69.3 Å². The predicted octanol–water partition coefficient (Wildman–Crippen LogP) is 10.9. The van der Waals surface area contributed by atoms with Crippen molar-refractivity contribution in [1.82, 2.24) is 44.5 Å². The minimum atomic E-state index is -2.89. The summed E-state index contributed by atoms with van der Waals surface area (Å²) >= 11 is 4.26. The summed E-state index contributed by atoms with van der Waals surface area (Å²) in [6, 6.07) is 0. The van der Waals surface area contributed by atoms with Crippen LogP contribution in [0.3, 0.4) is 0 Å². The van der Waals surface area contributed by atoms with Crippen LogP contribution in [0.5, 0.6) is 0 Å². The zero-order chi connectivity index (χ0) is 60.1. The first-order valence-corrected chi connectivity index (χ1v) is 33.9. The third kappa shape index (κ3) is 30.6. The molecule has 6 heterocycles. The molecule has 78 heavy (non-hydrogen) atoms. The van der Waals surface area contributed by atoms with Crippen LogP contribution in [-0.4, -0.2) is 243 Å². The number of fused-ring (bicyclic) bond motifs is 1. The van der Waals surface area contributed by atoms with E-state index in [2.05, 4.69) is 216 Å². The molecule has 1 N–H and O–H groups in total. The Hall–Kier alpha value is -0.100. The van der Waals surface area contributed by atoms with Crippen molar-refractivity contribution in [1.29, 1.82) is 0 Å². The highest BCUT2D eigenvalue weighted by Gasteiger charge is 2.58. The van der Waals surface area contributed by atoms with Crippen molar-refractivity contribution in [3.63, 3.8) is 0 Å². The maximum Gasteiger partial charge on any atom is 0.153 e. The molecule has 0 aromatic carbocycles. The lowest BCUT2D eigenvalue weighted by Gasteiger charge is -2.42. The van der Waals surface area contributed by atoms with Gasteiger partial charge in [-0.15, -0.1) is 0 Å². The lowest BCUT2D eigenvalue weighted by molar-refractivity contribution is -0.00690. The zero-order valence-corrected chi connectivity index (χ0v) is 58.5. The average molecular weight is 1140 g/mol. The first-order valence-electron chi connectivity index (χ1n) is 31.6. The number of hydrogen-bond acceptors (Lipinski definition) is 13. The van der Waals surface area contributed by atoms with Gasteiger partial charge in [0.15, 0.2) is 9.84 Å². The van der Waals surface area contributed by atoms with Crippen LogP contribution in [0.15, 0.2) is 0 Å². The number of nitrogens with zero attached hydrogens (tertiary/aromatic N) is 8. The summed E-state index contributed by atoms with van der Waals surface area (Å²) in [4.78, 5) is 20.4. The number of thiol groups is 1. The molecule has 0 aromatic heterocycles.